The lowest BCUT2D eigenvalue weighted by molar-refractivity contribution is 0.340. The Morgan fingerprint density at radius 1 is 0.815 bits per heavy atom. The number of hydrogen-bond donors (Lipinski definition) is 0. The first-order valence-electron chi connectivity index (χ1n) is 8.93. The molecule has 4 rings (SSSR count). The van der Waals surface area contributed by atoms with Crippen LogP contribution in [0.1, 0.15) is 23.6 Å². The average Bonchev–Trinajstić information content (AvgIpc) is 2.86. The molecular formula is C24H19ClO2. The molecule has 0 saturated carbocycles. The SMILES string of the molecule is CCOc1ccc(C2=C(Cl)C=C(c3ccccc3)c3ccccc3O2)cc1. The number of ether oxygens (including phenoxy) is 2. The Kier molecular flexibility index (Phi) is 4.99. The second-order valence-corrected chi connectivity index (χ2v) is 6.56. The third-order valence-electron chi connectivity index (χ3n) is 4.39. The van der Waals surface area contributed by atoms with Crippen molar-refractivity contribution in [2.24, 2.45) is 0 Å². The van der Waals surface area contributed by atoms with Crippen LogP contribution in [0.15, 0.2) is 90.0 Å². The summed E-state index contributed by atoms with van der Waals surface area (Å²) < 4.78 is 11.8. The van der Waals surface area contributed by atoms with Gasteiger partial charge < -0.3 is 9.47 Å². The highest BCUT2D eigenvalue weighted by atomic mass is 35.5. The summed E-state index contributed by atoms with van der Waals surface area (Å²) in [4.78, 5) is 0. The van der Waals surface area contributed by atoms with Crippen LogP contribution in [0.5, 0.6) is 11.5 Å². The van der Waals surface area contributed by atoms with Gasteiger partial charge in [0.2, 0.25) is 0 Å². The van der Waals surface area contributed by atoms with Crippen LogP contribution in [0.25, 0.3) is 11.3 Å². The van der Waals surface area contributed by atoms with Crippen molar-refractivity contribution in [2.75, 3.05) is 6.61 Å². The molecule has 1 aliphatic rings. The van der Waals surface area contributed by atoms with E-state index >= 15 is 0 Å². The van der Waals surface area contributed by atoms with Crippen molar-refractivity contribution in [1.29, 1.82) is 0 Å². The molecule has 2 nitrogen and oxygen atoms in total. The quantitative estimate of drug-likeness (QED) is 0.517. The third kappa shape index (κ3) is 3.62. The van der Waals surface area contributed by atoms with Crippen LogP contribution in [0.3, 0.4) is 0 Å². The highest BCUT2D eigenvalue weighted by Gasteiger charge is 2.20. The Morgan fingerprint density at radius 3 is 2.26 bits per heavy atom. The first kappa shape index (κ1) is 17.4. The van der Waals surface area contributed by atoms with Crippen molar-refractivity contribution in [3.05, 3.63) is 107 Å². The van der Waals surface area contributed by atoms with Crippen molar-refractivity contribution >= 4 is 22.9 Å². The first-order chi connectivity index (χ1) is 13.3. The van der Waals surface area contributed by atoms with Crippen molar-refractivity contribution in [3.8, 4) is 11.5 Å². The second kappa shape index (κ2) is 7.73. The number of rotatable bonds is 4. The van der Waals surface area contributed by atoms with Crippen LogP contribution in [0.2, 0.25) is 0 Å². The van der Waals surface area contributed by atoms with Gasteiger partial charge in [0, 0.05) is 11.1 Å². The van der Waals surface area contributed by atoms with Gasteiger partial charge in [0.25, 0.3) is 0 Å². The molecule has 1 aliphatic heterocycles. The monoisotopic (exact) mass is 374 g/mol. The van der Waals surface area contributed by atoms with Gasteiger partial charge in [0.05, 0.1) is 11.6 Å². The molecule has 0 fully saturated rings. The number of halogens is 1. The van der Waals surface area contributed by atoms with E-state index in [1.165, 1.54) is 0 Å². The van der Waals surface area contributed by atoms with Gasteiger partial charge in [-0.15, -0.1) is 0 Å². The second-order valence-electron chi connectivity index (χ2n) is 6.16. The summed E-state index contributed by atoms with van der Waals surface area (Å²) in [7, 11) is 0. The molecule has 27 heavy (non-hydrogen) atoms. The predicted molar refractivity (Wildman–Crippen MR) is 111 cm³/mol. The van der Waals surface area contributed by atoms with Crippen LogP contribution in [-0.4, -0.2) is 6.61 Å². The van der Waals surface area contributed by atoms with Gasteiger partial charge in [-0.05, 0) is 54.5 Å². The number of benzene rings is 3. The Hall–Kier alpha value is -2.97. The van der Waals surface area contributed by atoms with E-state index in [9.17, 15) is 0 Å². The molecule has 0 aromatic heterocycles. The molecule has 0 saturated heterocycles. The Balaban J connectivity index is 1.83. The van der Waals surface area contributed by atoms with Crippen LogP contribution in [0, 0.1) is 0 Å². The fraction of sp³-hybridized carbons (Fsp3) is 0.0833. The number of allylic oxidation sites excluding steroid dienone is 2. The molecule has 0 aliphatic carbocycles. The Morgan fingerprint density at radius 2 is 1.52 bits per heavy atom. The fourth-order valence-corrected chi connectivity index (χ4v) is 3.39. The van der Waals surface area contributed by atoms with Crippen molar-refractivity contribution in [3.63, 3.8) is 0 Å². The highest BCUT2D eigenvalue weighted by molar-refractivity contribution is 6.34. The van der Waals surface area contributed by atoms with E-state index in [2.05, 4.69) is 18.2 Å². The maximum Gasteiger partial charge on any atom is 0.153 e. The smallest absolute Gasteiger partial charge is 0.153 e. The van der Waals surface area contributed by atoms with E-state index in [-0.39, 0.29) is 0 Å². The van der Waals surface area contributed by atoms with Gasteiger partial charge in [-0.3, -0.25) is 0 Å². The minimum atomic E-state index is 0.564. The molecule has 3 aromatic carbocycles. The van der Waals surface area contributed by atoms with Gasteiger partial charge >= 0.3 is 0 Å². The maximum atomic E-state index is 6.70. The van der Waals surface area contributed by atoms with Crippen LogP contribution >= 0.6 is 11.6 Å². The molecule has 0 bridgehead atoms. The molecule has 0 N–H and O–H groups in total. The molecule has 0 amide bonds. The van der Waals surface area contributed by atoms with Crippen molar-refractivity contribution in [2.45, 2.75) is 6.92 Å². The molecule has 134 valence electrons. The highest BCUT2D eigenvalue weighted by Crippen LogP contribution is 2.39. The summed E-state index contributed by atoms with van der Waals surface area (Å²) >= 11 is 6.70. The summed E-state index contributed by atoms with van der Waals surface area (Å²) in [6.45, 7) is 2.60. The van der Waals surface area contributed by atoms with E-state index in [1.54, 1.807) is 0 Å². The van der Waals surface area contributed by atoms with Crippen molar-refractivity contribution in [1.82, 2.24) is 0 Å². The van der Waals surface area contributed by atoms with Gasteiger partial charge in [-0.25, -0.2) is 0 Å². The Bertz CT molecular complexity index is 1000. The lowest BCUT2D eigenvalue weighted by atomic mass is 9.97. The largest absolute Gasteiger partial charge is 0.494 e. The normalized spacial score (nSPS) is 13.3. The summed E-state index contributed by atoms with van der Waals surface area (Å²) in [6, 6.07) is 26.0. The minimum absolute atomic E-state index is 0.564. The van der Waals surface area contributed by atoms with E-state index in [0.717, 1.165) is 33.8 Å². The lowest BCUT2D eigenvalue weighted by Crippen LogP contribution is -1.98. The predicted octanol–water partition coefficient (Wildman–Crippen LogP) is 6.52. The molecule has 3 heteroatoms. The molecule has 1 heterocycles. The molecule has 0 atom stereocenters. The molecule has 0 radical (unpaired) electrons. The van der Waals surface area contributed by atoms with Crippen molar-refractivity contribution < 1.29 is 9.47 Å². The van der Waals surface area contributed by atoms with Crippen LogP contribution in [0.4, 0.5) is 0 Å². The molecule has 3 aromatic rings. The first-order valence-corrected chi connectivity index (χ1v) is 9.31. The van der Waals surface area contributed by atoms with E-state index in [1.807, 2.05) is 73.7 Å². The zero-order chi connectivity index (χ0) is 18.6. The van der Waals surface area contributed by atoms with E-state index in [4.69, 9.17) is 21.1 Å². The zero-order valence-electron chi connectivity index (χ0n) is 15.0. The molecule has 0 spiro atoms. The average molecular weight is 375 g/mol. The fourth-order valence-electron chi connectivity index (χ4n) is 3.13. The van der Waals surface area contributed by atoms with Gasteiger partial charge in [0.1, 0.15) is 11.5 Å². The lowest BCUT2D eigenvalue weighted by Gasteiger charge is -2.13. The standard InChI is InChI=1S/C24H19ClO2/c1-2-26-19-14-12-18(13-15-19)24-22(25)16-21(17-8-4-3-5-9-17)20-10-6-7-11-23(20)27-24/h3-16H,2H2,1H3. The minimum Gasteiger partial charge on any atom is -0.494 e. The van der Waals surface area contributed by atoms with Gasteiger partial charge in [0.15, 0.2) is 5.76 Å². The maximum absolute atomic E-state index is 6.70. The van der Waals surface area contributed by atoms with Crippen LogP contribution in [-0.2, 0) is 0 Å². The van der Waals surface area contributed by atoms with Crippen LogP contribution < -0.4 is 9.47 Å². The molecule has 0 unspecified atom stereocenters. The number of para-hydroxylation sites is 1. The summed E-state index contributed by atoms with van der Waals surface area (Å²) in [5, 5.41) is 0.564. The Labute approximate surface area is 164 Å². The molecular weight excluding hydrogens is 356 g/mol. The summed E-state index contributed by atoms with van der Waals surface area (Å²) in [6.07, 6.45) is 1.98. The summed E-state index contributed by atoms with van der Waals surface area (Å²) in [5.41, 5.74) is 4.06. The zero-order valence-corrected chi connectivity index (χ0v) is 15.7. The topological polar surface area (TPSA) is 18.5 Å². The number of hydrogen-bond acceptors (Lipinski definition) is 2. The van der Waals surface area contributed by atoms with E-state index in [0.29, 0.717) is 17.4 Å². The van der Waals surface area contributed by atoms with Gasteiger partial charge in [-0.1, -0.05) is 60.1 Å². The van der Waals surface area contributed by atoms with Gasteiger partial charge in [-0.2, -0.15) is 0 Å². The van der Waals surface area contributed by atoms with E-state index < -0.39 is 0 Å². The summed E-state index contributed by atoms with van der Waals surface area (Å²) in [5.74, 6) is 2.25. The third-order valence-corrected chi connectivity index (χ3v) is 4.67. The number of fused-ring (bicyclic) bond motifs is 1.